The number of hydrogen-bond donors (Lipinski definition) is 1. The van der Waals surface area contributed by atoms with Gasteiger partial charge in [0.05, 0.1) is 11.6 Å². The quantitative estimate of drug-likeness (QED) is 0.893. The number of aromatic nitrogens is 2. The standard InChI is InChI=1S/C15H21N3O2/c1-10-4-5-13-12(7-10)8-14(17-16-13)18-6-2-3-11(9-18)15(19)20/h8,10-11H,2-7,9H2,1H3,(H,19,20)/t10-,11-/m1/s1. The molecule has 0 spiro atoms. The van der Waals surface area contributed by atoms with Crippen molar-refractivity contribution in [3.05, 3.63) is 17.3 Å². The van der Waals surface area contributed by atoms with Gasteiger partial charge >= 0.3 is 5.97 Å². The number of carboxylic acids is 1. The maximum Gasteiger partial charge on any atom is 0.308 e. The van der Waals surface area contributed by atoms with Gasteiger partial charge in [-0.25, -0.2) is 0 Å². The van der Waals surface area contributed by atoms with Crippen LogP contribution in [-0.2, 0) is 17.6 Å². The lowest BCUT2D eigenvalue weighted by Crippen LogP contribution is -2.39. The Labute approximate surface area is 119 Å². The van der Waals surface area contributed by atoms with Gasteiger partial charge in [-0.3, -0.25) is 4.79 Å². The van der Waals surface area contributed by atoms with Crippen molar-refractivity contribution in [3.8, 4) is 0 Å². The van der Waals surface area contributed by atoms with Crippen LogP contribution in [0.5, 0.6) is 0 Å². The number of carboxylic acid groups (broad SMARTS) is 1. The maximum atomic E-state index is 11.1. The molecule has 3 rings (SSSR count). The van der Waals surface area contributed by atoms with E-state index >= 15 is 0 Å². The van der Waals surface area contributed by atoms with Crippen molar-refractivity contribution >= 4 is 11.8 Å². The number of fused-ring (bicyclic) bond motifs is 1. The van der Waals surface area contributed by atoms with Gasteiger partial charge in [0, 0.05) is 13.1 Å². The van der Waals surface area contributed by atoms with E-state index in [9.17, 15) is 4.79 Å². The van der Waals surface area contributed by atoms with Crippen LogP contribution in [0.2, 0.25) is 0 Å². The van der Waals surface area contributed by atoms with Crippen molar-refractivity contribution in [3.63, 3.8) is 0 Å². The Hall–Kier alpha value is -1.65. The summed E-state index contributed by atoms with van der Waals surface area (Å²) in [7, 11) is 0. The fourth-order valence-corrected chi connectivity index (χ4v) is 3.23. The summed E-state index contributed by atoms with van der Waals surface area (Å²) in [5, 5.41) is 17.8. The Bertz CT molecular complexity index is 518. The fraction of sp³-hybridized carbons (Fsp3) is 0.667. The molecule has 0 saturated carbocycles. The molecule has 0 aromatic carbocycles. The van der Waals surface area contributed by atoms with Crippen molar-refractivity contribution in [2.45, 2.75) is 39.0 Å². The summed E-state index contributed by atoms with van der Waals surface area (Å²) < 4.78 is 0. The second kappa shape index (κ2) is 5.38. The average molecular weight is 275 g/mol. The van der Waals surface area contributed by atoms with E-state index in [1.54, 1.807) is 0 Å². The molecule has 2 aliphatic rings. The Balaban J connectivity index is 1.80. The summed E-state index contributed by atoms with van der Waals surface area (Å²) in [5.41, 5.74) is 2.42. The van der Waals surface area contributed by atoms with Gasteiger partial charge in [-0.05, 0) is 49.7 Å². The minimum atomic E-state index is -0.700. The van der Waals surface area contributed by atoms with Crippen LogP contribution in [0, 0.1) is 11.8 Å². The molecule has 1 aliphatic carbocycles. The number of aryl methyl sites for hydroxylation is 1. The van der Waals surface area contributed by atoms with Crippen LogP contribution in [0.1, 0.15) is 37.4 Å². The van der Waals surface area contributed by atoms with Crippen LogP contribution in [0.15, 0.2) is 6.07 Å². The van der Waals surface area contributed by atoms with Gasteiger partial charge in [-0.1, -0.05) is 6.92 Å². The van der Waals surface area contributed by atoms with E-state index in [-0.39, 0.29) is 5.92 Å². The van der Waals surface area contributed by atoms with Crippen LogP contribution >= 0.6 is 0 Å². The summed E-state index contributed by atoms with van der Waals surface area (Å²) in [5.74, 6) is 0.575. The van der Waals surface area contributed by atoms with Gasteiger partial charge in [-0.2, -0.15) is 5.10 Å². The Morgan fingerprint density at radius 3 is 3.05 bits per heavy atom. The van der Waals surface area contributed by atoms with E-state index in [0.717, 1.165) is 43.7 Å². The first kappa shape index (κ1) is 13.3. The molecule has 0 radical (unpaired) electrons. The third kappa shape index (κ3) is 2.62. The highest BCUT2D eigenvalue weighted by atomic mass is 16.4. The number of rotatable bonds is 2. The Morgan fingerprint density at radius 2 is 2.25 bits per heavy atom. The topological polar surface area (TPSA) is 66.3 Å². The largest absolute Gasteiger partial charge is 0.481 e. The Kier molecular flexibility index (Phi) is 3.59. The zero-order valence-corrected chi connectivity index (χ0v) is 11.9. The van der Waals surface area contributed by atoms with Gasteiger partial charge in [0.25, 0.3) is 0 Å². The summed E-state index contributed by atoms with van der Waals surface area (Å²) in [6, 6.07) is 2.13. The molecule has 0 unspecified atom stereocenters. The SMILES string of the molecule is C[C@@H]1CCc2nnc(N3CCC[C@@H](C(=O)O)C3)cc2C1. The molecular formula is C15H21N3O2. The third-order valence-corrected chi connectivity index (χ3v) is 4.48. The van der Waals surface area contributed by atoms with E-state index in [1.807, 2.05) is 0 Å². The average Bonchev–Trinajstić information content (AvgIpc) is 2.46. The fourth-order valence-electron chi connectivity index (χ4n) is 3.23. The van der Waals surface area contributed by atoms with E-state index in [0.29, 0.717) is 12.5 Å². The number of nitrogens with zero attached hydrogens (tertiary/aromatic N) is 3. The first-order valence-electron chi connectivity index (χ1n) is 7.46. The zero-order valence-electron chi connectivity index (χ0n) is 11.9. The van der Waals surface area contributed by atoms with Crippen LogP contribution in [0.3, 0.4) is 0 Å². The molecule has 5 nitrogen and oxygen atoms in total. The monoisotopic (exact) mass is 275 g/mol. The lowest BCUT2D eigenvalue weighted by molar-refractivity contribution is -0.141. The van der Waals surface area contributed by atoms with E-state index in [1.165, 1.54) is 12.0 Å². The molecule has 1 aliphatic heterocycles. The van der Waals surface area contributed by atoms with Crippen LogP contribution in [-0.4, -0.2) is 34.4 Å². The molecule has 20 heavy (non-hydrogen) atoms. The summed E-state index contributed by atoms with van der Waals surface area (Å²) in [4.78, 5) is 13.2. The molecule has 5 heteroatoms. The second-order valence-electron chi connectivity index (χ2n) is 6.15. The van der Waals surface area contributed by atoms with Gasteiger partial charge in [-0.15, -0.1) is 5.10 Å². The van der Waals surface area contributed by atoms with Crippen molar-refractivity contribution in [1.29, 1.82) is 0 Å². The van der Waals surface area contributed by atoms with Crippen LogP contribution in [0.4, 0.5) is 5.82 Å². The van der Waals surface area contributed by atoms with E-state index in [4.69, 9.17) is 5.11 Å². The molecule has 1 saturated heterocycles. The zero-order chi connectivity index (χ0) is 14.1. The molecule has 0 bridgehead atoms. The predicted molar refractivity (Wildman–Crippen MR) is 75.8 cm³/mol. The molecule has 2 atom stereocenters. The van der Waals surface area contributed by atoms with Crippen molar-refractivity contribution < 1.29 is 9.90 Å². The van der Waals surface area contributed by atoms with Crippen LogP contribution in [0.25, 0.3) is 0 Å². The number of carbonyl (C=O) groups is 1. The molecule has 0 amide bonds. The number of anilines is 1. The minimum absolute atomic E-state index is 0.277. The second-order valence-corrected chi connectivity index (χ2v) is 6.15. The molecule has 1 N–H and O–H groups in total. The third-order valence-electron chi connectivity index (χ3n) is 4.48. The highest BCUT2D eigenvalue weighted by molar-refractivity contribution is 5.71. The predicted octanol–water partition coefficient (Wildman–Crippen LogP) is 1.90. The highest BCUT2D eigenvalue weighted by Gasteiger charge is 2.27. The maximum absolute atomic E-state index is 11.1. The molecular weight excluding hydrogens is 254 g/mol. The van der Waals surface area contributed by atoms with E-state index in [2.05, 4.69) is 28.1 Å². The highest BCUT2D eigenvalue weighted by Crippen LogP contribution is 2.27. The lowest BCUT2D eigenvalue weighted by atomic mass is 9.88. The molecule has 1 aromatic rings. The number of aliphatic carboxylic acids is 1. The smallest absolute Gasteiger partial charge is 0.308 e. The molecule has 108 valence electrons. The first-order chi connectivity index (χ1) is 9.63. The molecule has 1 fully saturated rings. The van der Waals surface area contributed by atoms with Gasteiger partial charge in [0.15, 0.2) is 5.82 Å². The summed E-state index contributed by atoms with van der Waals surface area (Å²) >= 11 is 0. The van der Waals surface area contributed by atoms with Crippen molar-refractivity contribution in [2.24, 2.45) is 11.8 Å². The number of piperidine rings is 1. The normalized spacial score (nSPS) is 26.1. The molecule has 1 aromatic heterocycles. The first-order valence-corrected chi connectivity index (χ1v) is 7.46. The molecule has 2 heterocycles. The van der Waals surface area contributed by atoms with Crippen molar-refractivity contribution in [2.75, 3.05) is 18.0 Å². The summed E-state index contributed by atoms with van der Waals surface area (Å²) in [6.07, 6.45) is 4.94. The Morgan fingerprint density at radius 1 is 1.40 bits per heavy atom. The lowest BCUT2D eigenvalue weighted by Gasteiger charge is -2.32. The van der Waals surface area contributed by atoms with Crippen LogP contribution < -0.4 is 4.90 Å². The van der Waals surface area contributed by atoms with Gasteiger partial charge < -0.3 is 10.0 Å². The van der Waals surface area contributed by atoms with Gasteiger partial charge in [0.1, 0.15) is 0 Å². The summed E-state index contributed by atoms with van der Waals surface area (Å²) in [6.45, 7) is 3.70. The van der Waals surface area contributed by atoms with Crippen molar-refractivity contribution in [1.82, 2.24) is 10.2 Å². The number of hydrogen-bond acceptors (Lipinski definition) is 4. The minimum Gasteiger partial charge on any atom is -0.481 e. The van der Waals surface area contributed by atoms with Gasteiger partial charge in [0.2, 0.25) is 0 Å². The van der Waals surface area contributed by atoms with E-state index < -0.39 is 5.97 Å².